The number of aliphatic imine (C=N–C) groups is 1. The Morgan fingerprint density at radius 1 is 1.78 bits per heavy atom. The van der Waals surface area contributed by atoms with Crippen molar-refractivity contribution in [3.8, 4) is 0 Å². The molecule has 0 aromatic heterocycles. The highest BCUT2D eigenvalue weighted by atomic mass is 15.1. The van der Waals surface area contributed by atoms with Crippen molar-refractivity contribution in [3.05, 3.63) is 12.3 Å². The van der Waals surface area contributed by atoms with Crippen molar-refractivity contribution < 1.29 is 0 Å². The monoisotopic (exact) mass is 126 g/mol. The van der Waals surface area contributed by atoms with Crippen LogP contribution in [0.25, 0.3) is 0 Å². The van der Waals surface area contributed by atoms with Crippen LogP contribution in [0.2, 0.25) is 0 Å². The van der Waals surface area contributed by atoms with Crippen molar-refractivity contribution in [3.63, 3.8) is 0 Å². The summed E-state index contributed by atoms with van der Waals surface area (Å²) in [6.45, 7) is 5.90. The topological polar surface area (TPSA) is 15.6 Å². The Hall–Kier alpha value is -0.790. The molecule has 0 aromatic carbocycles. The molecule has 52 valence electrons. The molecule has 0 aliphatic carbocycles. The average Bonchev–Trinajstić information content (AvgIpc) is 1.87. The molecule has 0 fully saturated rings. The second-order valence-electron chi connectivity index (χ2n) is 1.90. The van der Waals surface area contributed by atoms with E-state index in [1.54, 1.807) is 13.4 Å². The van der Waals surface area contributed by atoms with E-state index in [-0.39, 0.29) is 0 Å². The second-order valence-corrected chi connectivity index (χ2v) is 1.90. The Morgan fingerprint density at radius 3 is 2.67 bits per heavy atom. The van der Waals surface area contributed by atoms with Crippen LogP contribution in [0, 0.1) is 0 Å². The molecule has 0 radical (unpaired) electrons. The first-order valence-electron chi connectivity index (χ1n) is 3.05. The van der Waals surface area contributed by atoms with E-state index in [0.717, 1.165) is 12.1 Å². The summed E-state index contributed by atoms with van der Waals surface area (Å²) in [5.41, 5.74) is 1.08. The van der Waals surface area contributed by atoms with Gasteiger partial charge in [-0.1, -0.05) is 13.5 Å². The third-order valence-corrected chi connectivity index (χ3v) is 1.20. The summed E-state index contributed by atoms with van der Waals surface area (Å²) in [5, 5.41) is 0. The predicted octanol–water partition coefficient (Wildman–Crippen LogP) is 1.50. The summed E-state index contributed by atoms with van der Waals surface area (Å²) in [5.74, 6) is 0. The van der Waals surface area contributed by atoms with Crippen LogP contribution >= 0.6 is 0 Å². The molecule has 0 aliphatic rings. The first-order chi connectivity index (χ1) is 4.22. The van der Waals surface area contributed by atoms with Gasteiger partial charge in [-0.15, -0.1) is 0 Å². The highest BCUT2D eigenvalue weighted by Gasteiger charge is 1.91. The van der Waals surface area contributed by atoms with Crippen molar-refractivity contribution in [2.45, 2.75) is 13.3 Å². The van der Waals surface area contributed by atoms with Gasteiger partial charge in [-0.05, 0) is 6.42 Å². The highest BCUT2D eigenvalue weighted by molar-refractivity contribution is 5.56. The average molecular weight is 126 g/mol. The molecule has 0 N–H and O–H groups in total. The smallest absolute Gasteiger partial charge is 0.0885 e. The molecule has 0 rings (SSSR count). The molecule has 2 heteroatoms. The van der Waals surface area contributed by atoms with Gasteiger partial charge in [-0.25, -0.2) is 0 Å². The fraction of sp³-hybridized carbons (Fsp3) is 0.571. The molecule has 9 heavy (non-hydrogen) atoms. The molecular weight excluding hydrogens is 112 g/mol. The van der Waals surface area contributed by atoms with Crippen LogP contribution in [-0.2, 0) is 0 Å². The molecule has 0 atom stereocenters. The van der Waals surface area contributed by atoms with E-state index in [2.05, 4.69) is 18.5 Å². The lowest BCUT2D eigenvalue weighted by atomic mass is 10.3. The van der Waals surface area contributed by atoms with Gasteiger partial charge in [0.2, 0.25) is 0 Å². The third kappa shape index (κ3) is 2.90. The van der Waals surface area contributed by atoms with Crippen LogP contribution < -0.4 is 0 Å². The van der Waals surface area contributed by atoms with Crippen molar-refractivity contribution in [2.24, 2.45) is 4.99 Å². The van der Waals surface area contributed by atoms with E-state index in [1.165, 1.54) is 0 Å². The minimum absolute atomic E-state index is 0.975. The predicted molar refractivity (Wildman–Crippen MR) is 41.6 cm³/mol. The minimum Gasteiger partial charge on any atom is -0.340 e. The summed E-state index contributed by atoms with van der Waals surface area (Å²) in [7, 11) is 3.69. The summed E-state index contributed by atoms with van der Waals surface area (Å²) in [4.78, 5) is 5.76. The van der Waals surface area contributed by atoms with Crippen molar-refractivity contribution in [1.29, 1.82) is 0 Å². The fourth-order valence-corrected chi connectivity index (χ4v) is 0.504. The molecular formula is C7H14N2. The van der Waals surface area contributed by atoms with Gasteiger partial charge in [0, 0.05) is 19.8 Å². The lowest BCUT2D eigenvalue weighted by Crippen LogP contribution is -2.13. The fourth-order valence-electron chi connectivity index (χ4n) is 0.504. The summed E-state index contributed by atoms with van der Waals surface area (Å²) >= 11 is 0. The maximum absolute atomic E-state index is 3.84. The van der Waals surface area contributed by atoms with Gasteiger partial charge in [0.15, 0.2) is 0 Å². The number of rotatable bonds is 3. The van der Waals surface area contributed by atoms with Crippen LogP contribution in [0.5, 0.6) is 0 Å². The van der Waals surface area contributed by atoms with Gasteiger partial charge in [-0.2, -0.15) is 0 Å². The Labute approximate surface area is 56.9 Å². The number of hydrogen-bond acceptors (Lipinski definition) is 1. The largest absolute Gasteiger partial charge is 0.340 e. The molecule has 0 aromatic rings. The Morgan fingerprint density at radius 2 is 2.33 bits per heavy atom. The molecule has 0 heterocycles. The SMILES string of the molecule is C=C(CC)N(C)C=NC. The van der Waals surface area contributed by atoms with Gasteiger partial charge in [0.25, 0.3) is 0 Å². The van der Waals surface area contributed by atoms with Crippen LogP contribution in [0.3, 0.4) is 0 Å². The zero-order chi connectivity index (χ0) is 7.28. The Bertz CT molecular complexity index is 116. The Kier molecular flexibility index (Phi) is 3.76. The van der Waals surface area contributed by atoms with Gasteiger partial charge >= 0.3 is 0 Å². The highest BCUT2D eigenvalue weighted by Crippen LogP contribution is 1.98. The first-order valence-corrected chi connectivity index (χ1v) is 3.05. The van der Waals surface area contributed by atoms with Gasteiger partial charge in [0.05, 0.1) is 6.34 Å². The molecule has 0 saturated carbocycles. The lowest BCUT2D eigenvalue weighted by Gasteiger charge is -2.13. The Balaban J connectivity index is 3.72. The van der Waals surface area contributed by atoms with Gasteiger partial charge in [-0.3, -0.25) is 4.99 Å². The second kappa shape index (κ2) is 4.13. The van der Waals surface area contributed by atoms with Crippen molar-refractivity contribution in [2.75, 3.05) is 14.1 Å². The van der Waals surface area contributed by atoms with E-state index < -0.39 is 0 Å². The maximum Gasteiger partial charge on any atom is 0.0885 e. The zero-order valence-corrected chi connectivity index (χ0v) is 6.39. The maximum atomic E-state index is 3.84. The zero-order valence-electron chi connectivity index (χ0n) is 6.39. The van der Waals surface area contributed by atoms with Gasteiger partial charge < -0.3 is 4.90 Å². The number of allylic oxidation sites excluding steroid dienone is 1. The standard InChI is InChI=1S/C7H14N2/c1-5-7(2)9(4)6-8-3/h6H,2,5H2,1,3-4H3. The molecule has 0 bridgehead atoms. The van der Waals surface area contributed by atoms with Gasteiger partial charge in [0.1, 0.15) is 0 Å². The van der Waals surface area contributed by atoms with Crippen molar-refractivity contribution in [1.82, 2.24) is 4.90 Å². The minimum atomic E-state index is 0.975. The van der Waals surface area contributed by atoms with Crippen molar-refractivity contribution >= 4 is 6.34 Å². The van der Waals surface area contributed by atoms with E-state index in [0.29, 0.717) is 0 Å². The molecule has 0 saturated heterocycles. The first kappa shape index (κ1) is 8.21. The summed E-state index contributed by atoms with van der Waals surface area (Å²) < 4.78 is 0. The molecule has 2 nitrogen and oxygen atoms in total. The van der Waals surface area contributed by atoms with E-state index >= 15 is 0 Å². The molecule has 0 spiro atoms. The normalized spacial score (nSPS) is 10.1. The molecule has 0 amide bonds. The number of hydrogen-bond donors (Lipinski definition) is 0. The summed E-state index contributed by atoms with van der Waals surface area (Å²) in [6, 6.07) is 0. The number of nitrogens with zero attached hydrogens (tertiary/aromatic N) is 2. The molecule has 0 aliphatic heterocycles. The van der Waals surface area contributed by atoms with Crippen LogP contribution in [0.4, 0.5) is 0 Å². The van der Waals surface area contributed by atoms with E-state index in [9.17, 15) is 0 Å². The van der Waals surface area contributed by atoms with E-state index in [4.69, 9.17) is 0 Å². The van der Waals surface area contributed by atoms with E-state index in [1.807, 2.05) is 11.9 Å². The summed E-state index contributed by atoms with van der Waals surface area (Å²) in [6.07, 6.45) is 2.73. The quantitative estimate of drug-likeness (QED) is 0.413. The van der Waals surface area contributed by atoms with Crippen LogP contribution in [0.15, 0.2) is 17.3 Å². The van der Waals surface area contributed by atoms with Crippen LogP contribution in [0.1, 0.15) is 13.3 Å². The van der Waals surface area contributed by atoms with Crippen LogP contribution in [-0.4, -0.2) is 25.3 Å². The lowest BCUT2D eigenvalue weighted by molar-refractivity contribution is 0.619. The third-order valence-electron chi connectivity index (χ3n) is 1.20. The molecule has 0 unspecified atom stereocenters.